The fraction of sp³-hybridized carbons (Fsp3) is 0.375. The van der Waals surface area contributed by atoms with Crippen LogP contribution in [0, 0.1) is 0 Å². The summed E-state index contributed by atoms with van der Waals surface area (Å²) >= 11 is 0. The number of allylic oxidation sites excluding steroid dienone is 2. The van der Waals surface area contributed by atoms with Crippen LogP contribution in [-0.4, -0.2) is 11.7 Å². The fourth-order valence-electron chi connectivity index (χ4n) is 0.961. The number of carbonyl (C=O) groups is 1. The molecule has 0 saturated heterocycles. The lowest BCUT2D eigenvalue weighted by molar-refractivity contribution is -0.151. The quantitative estimate of drug-likeness (QED) is 0.446. The summed E-state index contributed by atoms with van der Waals surface area (Å²) in [6, 6.07) is 0. The molecule has 0 aromatic rings. The van der Waals surface area contributed by atoms with Crippen molar-refractivity contribution in [1.82, 2.24) is 0 Å². The zero-order valence-corrected chi connectivity index (χ0v) is 6.41. The summed E-state index contributed by atoms with van der Waals surface area (Å²) in [5, 5.41) is 0. The van der Waals surface area contributed by atoms with Crippen molar-refractivity contribution in [1.29, 1.82) is 0 Å². The molecule has 0 bridgehead atoms. The average molecular weight is 153 g/mol. The maximum atomic E-state index is 10.6. The predicted molar refractivity (Wildman–Crippen MR) is 41.6 cm³/mol. The van der Waals surface area contributed by atoms with Crippen molar-refractivity contribution >= 4 is 5.97 Å². The van der Waals surface area contributed by atoms with E-state index < -0.39 is 5.72 Å². The number of ether oxygens (including phenoxy) is 1. The van der Waals surface area contributed by atoms with Gasteiger partial charge in [-0.1, -0.05) is 18.2 Å². The van der Waals surface area contributed by atoms with Crippen LogP contribution >= 0.6 is 0 Å². The first kappa shape index (κ1) is 8.01. The molecule has 3 heteroatoms. The fourth-order valence-corrected chi connectivity index (χ4v) is 0.961. The molecule has 0 amide bonds. The largest absolute Gasteiger partial charge is 0.440 e. The lowest BCUT2D eigenvalue weighted by atomic mass is 10.1. The van der Waals surface area contributed by atoms with Crippen LogP contribution in [0.3, 0.4) is 0 Å². The number of hydrogen-bond donors (Lipinski definition) is 1. The standard InChI is InChI=1S/C8H11NO2/c1-7(10)11-8(9)5-3-2-4-6-8/h2-5H,6,9H2,1H3. The number of esters is 1. The van der Waals surface area contributed by atoms with Crippen molar-refractivity contribution in [2.45, 2.75) is 19.1 Å². The van der Waals surface area contributed by atoms with Crippen LogP contribution in [0.4, 0.5) is 0 Å². The summed E-state index contributed by atoms with van der Waals surface area (Å²) in [6.45, 7) is 1.35. The molecule has 1 rings (SSSR count). The van der Waals surface area contributed by atoms with Gasteiger partial charge in [-0.25, -0.2) is 0 Å². The number of nitrogens with two attached hydrogens (primary N) is 1. The summed E-state index contributed by atoms with van der Waals surface area (Å²) in [5.74, 6) is -0.354. The van der Waals surface area contributed by atoms with Crippen LogP contribution in [0.15, 0.2) is 24.3 Å². The van der Waals surface area contributed by atoms with E-state index in [1.807, 2.05) is 12.2 Å². The van der Waals surface area contributed by atoms with Gasteiger partial charge < -0.3 is 4.74 Å². The number of rotatable bonds is 1. The van der Waals surface area contributed by atoms with Gasteiger partial charge >= 0.3 is 5.97 Å². The van der Waals surface area contributed by atoms with Crippen molar-refractivity contribution in [3.63, 3.8) is 0 Å². The predicted octanol–water partition coefficient (Wildman–Crippen LogP) is 0.721. The van der Waals surface area contributed by atoms with Gasteiger partial charge in [-0.2, -0.15) is 0 Å². The summed E-state index contributed by atoms with van der Waals surface area (Å²) in [6.07, 6.45) is 7.72. The monoisotopic (exact) mass is 153 g/mol. The van der Waals surface area contributed by atoms with Gasteiger partial charge in [-0.15, -0.1) is 0 Å². The second kappa shape index (κ2) is 2.88. The molecule has 0 heterocycles. The Labute approximate surface area is 65.5 Å². The van der Waals surface area contributed by atoms with Crippen LogP contribution in [0.5, 0.6) is 0 Å². The summed E-state index contributed by atoms with van der Waals surface area (Å²) < 4.78 is 4.88. The van der Waals surface area contributed by atoms with E-state index in [4.69, 9.17) is 10.5 Å². The van der Waals surface area contributed by atoms with E-state index in [0.29, 0.717) is 6.42 Å². The zero-order valence-electron chi connectivity index (χ0n) is 6.41. The molecule has 1 aliphatic carbocycles. The Morgan fingerprint density at radius 3 is 2.82 bits per heavy atom. The molecule has 0 aliphatic heterocycles. The van der Waals surface area contributed by atoms with Crippen LogP contribution < -0.4 is 5.73 Å². The van der Waals surface area contributed by atoms with Gasteiger partial charge in [-0.3, -0.25) is 10.5 Å². The Morgan fingerprint density at radius 1 is 1.64 bits per heavy atom. The molecule has 0 radical (unpaired) electrons. The maximum absolute atomic E-state index is 10.6. The zero-order chi connectivity index (χ0) is 8.32. The van der Waals surface area contributed by atoms with E-state index in [1.54, 1.807) is 12.2 Å². The normalized spacial score (nSPS) is 28.5. The molecule has 0 fully saturated rings. The SMILES string of the molecule is CC(=O)OC1(N)C=CC=CC1. The number of carbonyl (C=O) groups excluding carboxylic acids is 1. The minimum atomic E-state index is -0.916. The minimum Gasteiger partial charge on any atom is -0.440 e. The first-order chi connectivity index (χ1) is 5.12. The van der Waals surface area contributed by atoms with Crippen LogP contribution in [0.25, 0.3) is 0 Å². The second-order valence-corrected chi connectivity index (χ2v) is 2.54. The highest BCUT2D eigenvalue weighted by Gasteiger charge is 2.24. The van der Waals surface area contributed by atoms with Crippen LogP contribution in [-0.2, 0) is 9.53 Å². The Bertz CT molecular complexity index is 220. The second-order valence-electron chi connectivity index (χ2n) is 2.54. The van der Waals surface area contributed by atoms with E-state index in [-0.39, 0.29) is 5.97 Å². The van der Waals surface area contributed by atoms with E-state index >= 15 is 0 Å². The van der Waals surface area contributed by atoms with E-state index in [1.165, 1.54) is 6.92 Å². The third kappa shape index (κ3) is 2.20. The lowest BCUT2D eigenvalue weighted by Gasteiger charge is -2.25. The number of hydrogen-bond acceptors (Lipinski definition) is 3. The van der Waals surface area contributed by atoms with Gasteiger partial charge in [0.25, 0.3) is 0 Å². The van der Waals surface area contributed by atoms with Gasteiger partial charge in [0.1, 0.15) is 0 Å². The summed E-state index contributed by atoms with van der Waals surface area (Å²) in [7, 11) is 0. The van der Waals surface area contributed by atoms with E-state index in [2.05, 4.69) is 0 Å². The first-order valence-corrected chi connectivity index (χ1v) is 3.45. The van der Waals surface area contributed by atoms with Crippen molar-refractivity contribution in [3.8, 4) is 0 Å². The molecule has 3 nitrogen and oxygen atoms in total. The molecule has 0 aromatic carbocycles. The Morgan fingerprint density at radius 2 is 2.36 bits per heavy atom. The molecule has 1 unspecified atom stereocenters. The summed E-state index contributed by atoms with van der Waals surface area (Å²) in [5.41, 5.74) is 4.76. The molecular formula is C8H11NO2. The third-order valence-electron chi connectivity index (χ3n) is 1.40. The Hall–Kier alpha value is -1.09. The highest BCUT2D eigenvalue weighted by atomic mass is 16.6. The van der Waals surface area contributed by atoms with Gasteiger partial charge in [-0.05, 0) is 6.08 Å². The maximum Gasteiger partial charge on any atom is 0.304 e. The topological polar surface area (TPSA) is 52.3 Å². The molecule has 1 atom stereocenters. The third-order valence-corrected chi connectivity index (χ3v) is 1.40. The molecule has 2 N–H and O–H groups in total. The van der Waals surface area contributed by atoms with Crippen LogP contribution in [0.1, 0.15) is 13.3 Å². The lowest BCUT2D eigenvalue weighted by Crippen LogP contribution is -2.42. The minimum absolute atomic E-state index is 0.354. The van der Waals surface area contributed by atoms with Gasteiger partial charge in [0.05, 0.1) is 0 Å². The molecular weight excluding hydrogens is 142 g/mol. The molecule has 1 aliphatic rings. The van der Waals surface area contributed by atoms with Crippen molar-refractivity contribution in [2.24, 2.45) is 5.73 Å². The smallest absolute Gasteiger partial charge is 0.304 e. The Kier molecular flexibility index (Phi) is 2.10. The highest BCUT2D eigenvalue weighted by molar-refractivity contribution is 5.66. The van der Waals surface area contributed by atoms with Crippen LogP contribution in [0.2, 0.25) is 0 Å². The van der Waals surface area contributed by atoms with Gasteiger partial charge in [0.2, 0.25) is 0 Å². The summed E-state index contributed by atoms with van der Waals surface area (Å²) in [4.78, 5) is 10.6. The van der Waals surface area contributed by atoms with E-state index in [9.17, 15) is 4.79 Å². The van der Waals surface area contributed by atoms with Crippen molar-refractivity contribution in [3.05, 3.63) is 24.3 Å². The van der Waals surface area contributed by atoms with E-state index in [0.717, 1.165) is 0 Å². The van der Waals surface area contributed by atoms with Gasteiger partial charge in [0.15, 0.2) is 5.72 Å². The van der Waals surface area contributed by atoms with Crippen molar-refractivity contribution in [2.75, 3.05) is 0 Å². The molecule has 0 aromatic heterocycles. The average Bonchev–Trinajstić information content (AvgIpc) is 1.85. The molecule has 0 spiro atoms. The molecule has 11 heavy (non-hydrogen) atoms. The molecule has 0 saturated carbocycles. The molecule has 60 valence electrons. The first-order valence-electron chi connectivity index (χ1n) is 3.45. The Balaban J connectivity index is 2.61. The van der Waals surface area contributed by atoms with Crippen molar-refractivity contribution < 1.29 is 9.53 Å². The highest BCUT2D eigenvalue weighted by Crippen LogP contribution is 2.15. The van der Waals surface area contributed by atoms with Gasteiger partial charge in [0, 0.05) is 13.3 Å².